The van der Waals surface area contributed by atoms with Crippen molar-refractivity contribution in [3.63, 3.8) is 0 Å². The van der Waals surface area contributed by atoms with Gasteiger partial charge in [-0.3, -0.25) is 0 Å². The quantitative estimate of drug-likeness (QED) is 0.712. The smallest absolute Gasteiger partial charge is 0.407 e. The number of amides is 1. The minimum atomic E-state index is -0.314. The first-order valence-corrected chi connectivity index (χ1v) is 4.47. The van der Waals surface area contributed by atoms with E-state index in [-0.39, 0.29) is 13.6 Å². The number of carbonyl (C=O) groups excluding carboxylic acids is 1. The topological polar surface area (TPSA) is 38.3 Å². The summed E-state index contributed by atoms with van der Waals surface area (Å²) >= 11 is 0. The van der Waals surface area contributed by atoms with E-state index in [0.717, 1.165) is 6.42 Å². The molecule has 0 saturated heterocycles. The van der Waals surface area contributed by atoms with Crippen molar-refractivity contribution in [1.82, 2.24) is 5.32 Å². The number of hydrogen-bond acceptors (Lipinski definition) is 2. The van der Waals surface area contributed by atoms with E-state index >= 15 is 0 Å². The molecular formula is C9H21NO2. The van der Waals surface area contributed by atoms with Gasteiger partial charge in [0, 0.05) is 7.97 Å². The van der Waals surface area contributed by atoms with Crippen LogP contribution in [0.3, 0.4) is 0 Å². The molecule has 1 amide bonds. The summed E-state index contributed by atoms with van der Waals surface area (Å²) in [4.78, 5) is 10.9. The Kier molecular flexibility index (Phi) is 5.51. The molecule has 3 heteroatoms. The Hall–Kier alpha value is -0.730. The first-order valence-electron chi connectivity index (χ1n) is 4.47. The third kappa shape index (κ3) is 7.38. The summed E-state index contributed by atoms with van der Waals surface area (Å²) in [5.41, 5.74) is 0. The molecule has 0 atom stereocenters. The van der Waals surface area contributed by atoms with E-state index < -0.39 is 0 Å². The molecule has 0 unspecified atom stereocenters. The van der Waals surface area contributed by atoms with Crippen LogP contribution in [0.4, 0.5) is 4.79 Å². The minimum Gasteiger partial charge on any atom is -0.447 e. The first-order chi connectivity index (χ1) is 5.52. The summed E-state index contributed by atoms with van der Waals surface area (Å²) in [6.45, 7) is 8.61. The van der Waals surface area contributed by atoms with Crippen LogP contribution in [0, 0.1) is 5.92 Å². The largest absolute Gasteiger partial charge is 0.447 e. The van der Waals surface area contributed by atoms with E-state index in [9.17, 15) is 4.79 Å². The van der Waals surface area contributed by atoms with E-state index in [0.29, 0.717) is 12.5 Å². The van der Waals surface area contributed by atoms with Crippen LogP contribution in [0.2, 0.25) is 0 Å². The Morgan fingerprint density at radius 2 is 2.00 bits per heavy atom. The van der Waals surface area contributed by atoms with Crippen molar-refractivity contribution in [1.29, 1.82) is 0 Å². The van der Waals surface area contributed by atoms with Gasteiger partial charge in [0.1, 0.15) is 0 Å². The Morgan fingerprint density at radius 3 is 2.42 bits per heavy atom. The summed E-state index contributed by atoms with van der Waals surface area (Å²) in [5, 5.41) is 2.68. The maximum atomic E-state index is 10.9. The van der Waals surface area contributed by atoms with Crippen LogP contribution in [-0.4, -0.2) is 18.7 Å². The molecule has 0 aliphatic heterocycles. The van der Waals surface area contributed by atoms with Gasteiger partial charge in [0.05, 0.1) is 6.10 Å². The van der Waals surface area contributed by atoms with Crippen LogP contribution in [0.1, 0.15) is 35.5 Å². The predicted molar refractivity (Wildman–Crippen MR) is 51.2 cm³/mol. The minimum absolute atomic E-state index is 0. The fraction of sp³-hybridized carbons (Fsp3) is 0.889. The van der Waals surface area contributed by atoms with Gasteiger partial charge in [-0.25, -0.2) is 4.79 Å². The van der Waals surface area contributed by atoms with Crippen molar-refractivity contribution in [2.45, 2.75) is 40.2 Å². The van der Waals surface area contributed by atoms with Crippen LogP contribution in [-0.2, 0) is 4.74 Å². The van der Waals surface area contributed by atoms with E-state index in [2.05, 4.69) is 19.2 Å². The molecule has 0 aromatic rings. The van der Waals surface area contributed by atoms with Gasteiger partial charge in [-0.05, 0) is 26.2 Å². The number of rotatable bonds is 4. The van der Waals surface area contributed by atoms with E-state index in [1.807, 2.05) is 13.8 Å². The molecule has 0 rings (SSSR count). The van der Waals surface area contributed by atoms with E-state index in [4.69, 9.17) is 4.74 Å². The highest BCUT2D eigenvalue weighted by Gasteiger charge is 2.03. The highest BCUT2D eigenvalue weighted by Crippen LogP contribution is 1.96. The van der Waals surface area contributed by atoms with Crippen molar-refractivity contribution in [2.24, 2.45) is 5.92 Å². The van der Waals surface area contributed by atoms with Gasteiger partial charge >= 0.3 is 6.09 Å². The number of alkyl carbamates (subject to hydrolysis) is 1. The molecule has 74 valence electrons. The first kappa shape index (κ1) is 11.3. The third-order valence-corrected chi connectivity index (χ3v) is 1.33. The molecule has 0 aromatic carbocycles. The van der Waals surface area contributed by atoms with Crippen LogP contribution >= 0.6 is 0 Å². The monoisotopic (exact) mass is 175 g/mol. The lowest BCUT2D eigenvalue weighted by molar-refractivity contribution is 0.115. The van der Waals surface area contributed by atoms with Crippen LogP contribution in [0.5, 0.6) is 0 Å². The molecule has 0 aliphatic carbocycles. The molecule has 0 aromatic heterocycles. The van der Waals surface area contributed by atoms with Gasteiger partial charge in [0.2, 0.25) is 0 Å². The molecule has 0 radical (unpaired) electrons. The number of ether oxygens (including phenoxy) is 1. The van der Waals surface area contributed by atoms with E-state index in [1.165, 1.54) is 0 Å². The normalized spacial score (nSPS) is 10.5. The molecule has 0 spiro atoms. The highest BCUT2D eigenvalue weighted by atomic mass is 16.6. The lowest BCUT2D eigenvalue weighted by Crippen LogP contribution is -2.28. The Labute approximate surface area is 76.0 Å². The standard InChI is InChI=1S/C9H19NO2.H2/c1-7(2)5-6-10-9(11)12-8(3)4;/h7-8H,5-6H2,1-4H3,(H,10,11);1H. The number of carbonyl (C=O) groups is 1. The molecule has 1 N–H and O–H groups in total. The van der Waals surface area contributed by atoms with Gasteiger partial charge in [0.25, 0.3) is 0 Å². The average Bonchev–Trinajstić information content (AvgIpc) is 1.84. The Bertz CT molecular complexity index is 138. The van der Waals surface area contributed by atoms with Crippen molar-refractivity contribution < 1.29 is 11.0 Å². The van der Waals surface area contributed by atoms with Gasteiger partial charge in [-0.1, -0.05) is 13.8 Å². The van der Waals surface area contributed by atoms with Crippen LogP contribution in [0.15, 0.2) is 0 Å². The van der Waals surface area contributed by atoms with Gasteiger partial charge in [-0.15, -0.1) is 0 Å². The van der Waals surface area contributed by atoms with Crippen molar-refractivity contribution in [2.75, 3.05) is 6.54 Å². The second-order valence-electron chi connectivity index (χ2n) is 3.56. The number of nitrogens with one attached hydrogen (secondary N) is 1. The number of hydrogen-bond donors (Lipinski definition) is 1. The zero-order chi connectivity index (χ0) is 9.56. The second-order valence-corrected chi connectivity index (χ2v) is 3.56. The zero-order valence-corrected chi connectivity index (χ0v) is 8.39. The molecule has 0 aliphatic rings. The van der Waals surface area contributed by atoms with E-state index in [1.54, 1.807) is 0 Å². The van der Waals surface area contributed by atoms with Gasteiger partial charge in [0.15, 0.2) is 0 Å². The molecule has 12 heavy (non-hydrogen) atoms. The maximum Gasteiger partial charge on any atom is 0.407 e. The molecular weight excluding hydrogens is 154 g/mol. The molecule has 0 bridgehead atoms. The van der Waals surface area contributed by atoms with Crippen LogP contribution in [0.25, 0.3) is 0 Å². The second kappa shape index (κ2) is 5.86. The molecule has 0 saturated carbocycles. The van der Waals surface area contributed by atoms with Crippen molar-refractivity contribution in [3.05, 3.63) is 0 Å². The summed E-state index contributed by atoms with van der Waals surface area (Å²) in [7, 11) is 0. The predicted octanol–water partition coefficient (Wildman–Crippen LogP) is 2.41. The van der Waals surface area contributed by atoms with Crippen molar-refractivity contribution in [3.8, 4) is 0 Å². The van der Waals surface area contributed by atoms with Crippen molar-refractivity contribution >= 4 is 6.09 Å². The lowest BCUT2D eigenvalue weighted by Gasteiger charge is -2.10. The van der Waals surface area contributed by atoms with Crippen LogP contribution < -0.4 is 5.32 Å². The summed E-state index contributed by atoms with van der Waals surface area (Å²) in [6, 6.07) is 0. The lowest BCUT2D eigenvalue weighted by atomic mass is 10.1. The molecule has 3 nitrogen and oxygen atoms in total. The highest BCUT2D eigenvalue weighted by molar-refractivity contribution is 5.67. The molecule has 0 heterocycles. The average molecular weight is 175 g/mol. The fourth-order valence-electron chi connectivity index (χ4n) is 0.719. The third-order valence-electron chi connectivity index (χ3n) is 1.33. The SMILES string of the molecule is CC(C)CCNC(=O)OC(C)C.[HH]. The van der Waals surface area contributed by atoms with Gasteiger partial charge in [-0.2, -0.15) is 0 Å². The summed E-state index contributed by atoms with van der Waals surface area (Å²) in [5.74, 6) is 0.615. The molecule has 0 fully saturated rings. The Morgan fingerprint density at radius 1 is 1.42 bits per heavy atom. The summed E-state index contributed by atoms with van der Waals surface area (Å²) < 4.78 is 4.88. The van der Waals surface area contributed by atoms with Gasteiger partial charge < -0.3 is 10.1 Å². The zero-order valence-electron chi connectivity index (χ0n) is 8.39. The fourth-order valence-corrected chi connectivity index (χ4v) is 0.719. The maximum absolute atomic E-state index is 10.9. The summed E-state index contributed by atoms with van der Waals surface area (Å²) in [6.07, 6.45) is 0.641. The Balaban J connectivity index is 0.